The van der Waals surface area contributed by atoms with Gasteiger partial charge in [-0.3, -0.25) is 10.1 Å². The first-order valence-electron chi connectivity index (χ1n) is 10.8. The van der Waals surface area contributed by atoms with Gasteiger partial charge in [0.1, 0.15) is 5.60 Å². The Hall–Kier alpha value is -2.52. The molecule has 36 heavy (non-hydrogen) atoms. The van der Waals surface area contributed by atoms with Crippen molar-refractivity contribution < 1.29 is 22.7 Å². The Morgan fingerprint density at radius 3 is 2.31 bits per heavy atom. The van der Waals surface area contributed by atoms with E-state index in [-0.39, 0.29) is 12.3 Å². The van der Waals surface area contributed by atoms with Gasteiger partial charge in [-0.2, -0.15) is 13.2 Å². The SMILES string of the molecule is CC1(C)CC(N[C@H](C(N)=O)C(F)(F)F)c2cc(-c3ccc(Cl)cc3)c(-c3ccc(Cl)cc3Cl)nc2O1. The molecular formula is C25H21Cl3F3N3O2. The Morgan fingerprint density at radius 1 is 1.08 bits per heavy atom. The van der Waals surface area contributed by atoms with Crippen LogP contribution in [0.5, 0.6) is 5.88 Å². The second kappa shape index (κ2) is 9.74. The minimum atomic E-state index is -4.88. The summed E-state index contributed by atoms with van der Waals surface area (Å²) in [6.07, 6.45) is -4.75. The summed E-state index contributed by atoms with van der Waals surface area (Å²) in [4.78, 5) is 16.4. The number of hydrogen-bond donors (Lipinski definition) is 2. The highest BCUT2D eigenvalue weighted by molar-refractivity contribution is 6.36. The molecule has 3 aromatic rings. The number of nitrogens with one attached hydrogen (secondary N) is 1. The summed E-state index contributed by atoms with van der Waals surface area (Å²) in [6, 6.07) is 10.0. The molecule has 1 aliphatic heterocycles. The molecule has 1 amide bonds. The number of benzene rings is 2. The summed E-state index contributed by atoms with van der Waals surface area (Å²) < 4.78 is 46.8. The summed E-state index contributed by atoms with van der Waals surface area (Å²) >= 11 is 18.6. The molecule has 0 saturated heterocycles. The predicted molar refractivity (Wildman–Crippen MR) is 134 cm³/mol. The van der Waals surface area contributed by atoms with Crippen molar-refractivity contribution in [2.45, 2.75) is 44.1 Å². The lowest BCUT2D eigenvalue weighted by Crippen LogP contribution is -2.54. The third kappa shape index (κ3) is 5.57. The van der Waals surface area contributed by atoms with Gasteiger partial charge in [0.05, 0.1) is 10.7 Å². The number of halogens is 6. The molecule has 0 fully saturated rings. The zero-order valence-corrected chi connectivity index (χ0v) is 21.4. The number of nitrogens with zero attached hydrogens (tertiary/aromatic N) is 1. The van der Waals surface area contributed by atoms with Gasteiger partial charge in [0.2, 0.25) is 11.8 Å². The Morgan fingerprint density at radius 2 is 1.72 bits per heavy atom. The maximum atomic E-state index is 13.6. The van der Waals surface area contributed by atoms with Crippen LogP contribution >= 0.6 is 34.8 Å². The Labute approximate surface area is 220 Å². The van der Waals surface area contributed by atoms with E-state index in [1.54, 1.807) is 62.4 Å². The van der Waals surface area contributed by atoms with Crippen molar-refractivity contribution in [3.8, 4) is 28.3 Å². The number of aromatic nitrogens is 1. The fraction of sp³-hybridized carbons (Fsp3) is 0.280. The second-order valence-corrected chi connectivity index (χ2v) is 10.4. The van der Waals surface area contributed by atoms with E-state index >= 15 is 0 Å². The molecule has 0 radical (unpaired) electrons. The average Bonchev–Trinajstić information content (AvgIpc) is 2.75. The van der Waals surface area contributed by atoms with Gasteiger partial charge in [0.15, 0.2) is 6.04 Å². The summed E-state index contributed by atoms with van der Waals surface area (Å²) in [5.41, 5.74) is 6.81. The number of carbonyl (C=O) groups excluding carboxylic acids is 1. The first kappa shape index (κ1) is 26.5. The number of nitrogens with two attached hydrogens (primary N) is 1. The molecule has 2 atom stereocenters. The molecular weight excluding hydrogens is 538 g/mol. The second-order valence-electron chi connectivity index (χ2n) is 9.07. The molecule has 0 bridgehead atoms. The van der Waals surface area contributed by atoms with E-state index in [2.05, 4.69) is 5.32 Å². The highest BCUT2D eigenvalue weighted by atomic mass is 35.5. The normalized spacial score (nSPS) is 17.7. The summed E-state index contributed by atoms with van der Waals surface area (Å²) in [6.45, 7) is 3.45. The summed E-state index contributed by atoms with van der Waals surface area (Å²) in [5.74, 6) is -1.41. The zero-order chi connectivity index (χ0) is 26.4. The van der Waals surface area contributed by atoms with Crippen molar-refractivity contribution in [1.82, 2.24) is 10.3 Å². The number of ether oxygens (including phenoxy) is 1. The Bertz CT molecular complexity index is 1310. The van der Waals surface area contributed by atoms with E-state index in [4.69, 9.17) is 50.3 Å². The topological polar surface area (TPSA) is 77.2 Å². The molecule has 0 saturated carbocycles. The number of primary amides is 1. The van der Waals surface area contributed by atoms with Crippen LogP contribution in [0.2, 0.25) is 15.1 Å². The van der Waals surface area contributed by atoms with E-state index < -0.39 is 29.8 Å². The molecule has 190 valence electrons. The van der Waals surface area contributed by atoms with Crippen LogP contribution in [0.25, 0.3) is 22.4 Å². The molecule has 5 nitrogen and oxygen atoms in total. The summed E-state index contributed by atoms with van der Waals surface area (Å²) in [7, 11) is 0. The summed E-state index contributed by atoms with van der Waals surface area (Å²) in [5, 5.41) is 3.66. The Balaban J connectivity index is 1.94. The van der Waals surface area contributed by atoms with Crippen molar-refractivity contribution in [2.75, 3.05) is 0 Å². The molecule has 2 aromatic carbocycles. The Kier molecular flexibility index (Phi) is 7.18. The number of amides is 1. The molecule has 0 aliphatic carbocycles. The molecule has 1 unspecified atom stereocenters. The van der Waals surface area contributed by atoms with Gasteiger partial charge in [0, 0.05) is 39.2 Å². The molecule has 0 spiro atoms. The molecule has 4 rings (SSSR count). The van der Waals surface area contributed by atoms with Crippen LogP contribution in [0.4, 0.5) is 13.2 Å². The molecule has 2 heterocycles. The van der Waals surface area contributed by atoms with E-state index in [0.29, 0.717) is 43.0 Å². The van der Waals surface area contributed by atoms with Crippen LogP contribution in [0.15, 0.2) is 48.5 Å². The maximum Gasteiger partial charge on any atom is 0.412 e. The van der Waals surface area contributed by atoms with Gasteiger partial charge in [-0.05, 0) is 55.8 Å². The van der Waals surface area contributed by atoms with Gasteiger partial charge in [-0.15, -0.1) is 0 Å². The lowest BCUT2D eigenvalue weighted by Gasteiger charge is -2.39. The number of rotatable bonds is 5. The van der Waals surface area contributed by atoms with E-state index in [0.717, 1.165) is 0 Å². The van der Waals surface area contributed by atoms with Crippen LogP contribution < -0.4 is 15.8 Å². The number of carbonyl (C=O) groups is 1. The molecule has 1 aromatic heterocycles. The quantitative estimate of drug-likeness (QED) is 0.354. The number of fused-ring (bicyclic) bond motifs is 1. The number of hydrogen-bond acceptors (Lipinski definition) is 4. The number of pyridine rings is 1. The van der Waals surface area contributed by atoms with Crippen molar-refractivity contribution in [1.29, 1.82) is 0 Å². The first-order valence-corrected chi connectivity index (χ1v) is 12.0. The fourth-order valence-electron chi connectivity index (χ4n) is 4.17. The predicted octanol–water partition coefficient (Wildman–Crippen LogP) is 6.98. The van der Waals surface area contributed by atoms with Gasteiger partial charge < -0.3 is 10.5 Å². The van der Waals surface area contributed by atoms with E-state index in [9.17, 15) is 18.0 Å². The largest absolute Gasteiger partial charge is 0.471 e. The monoisotopic (exact) mass is 557 g/mol. The third-order valence-electron chi connectivity index (χ3n) is 5.78. The highest BCUT2D eigenvalue weighted by Crippen LogP contribution is 2.45. The van der Waals surface area contributed by atoms with Crippen molar-refractivity contribution in [3.05, 3.63) is 69.2 Å². The molecule has 11 heteroatoms. The van der Waals surface area contributed by atoms with E-state index in [1.165, 1.54) is 0 Å². The van der Waals surface area contributed by atoms with Gasteiger partial charge in [0.25, 0.3) is 0 Å². The van der Waals surface area contributed by atoms with Gasteiger partial charge in [-0.1, -0.05) is 46.9 Å². The van der Waals surface area contributed by atoms with Crippen molar-refractivity contribution in [3.63, 3.8) is 0 Å². The van der Waals surface area contributed by atoms with E-state index in [1.807, 2.05) is 0 Å². The lowest BCUT2D eigenvalue weighted by atomic mass is 9.88. The first-order chi connectivity index (χ1) is 16.7. The molecule has 3 N–H and O–H groups in total. The standard InChI is InChI=1S/C25H21Cl3F3N3O2/c1-24(2)11-19(33-21(22(32)35)25(29,30)31)17-10-16(12-3-5-13(26)6-4-12)20(34-23(17)36-24)15-8-7-14(27)9-18(15)28/h3-10,19,21,33H,11H2,1-2H3,(H2,32,35)/t19?,21-/m1/s1. The molecule has 1 aliphatic rings. The highest BCUT2D eigenvalue weighted by Gasteiger charge is 2.47. The van der Waals surface area contributed by atoms with Crippen LogP contribution in [0.1, 0.15) is 31.9 Å². The third-order valence-corrected chi connectivity index (χ3v) is 6.58. The minimum Gasteiger partial charge on any atom is -0.471 e. The fourth-order valence-corrected chi connectivity index (χ4v) is 4.80. The van der Waals surface area contributed by atoms with Gasteiger partial charge >= 0.3 is 6.18 Å². The number of alkyl halides is 3. The van der Waals surface area contributed by atoms with Crippen molar-refractivity contribution >= 4 is 40.7 Å². The minimum absolute atomic E-state index is 0.118. The van der Waals surface area contributed by atoms with Crippen LogP contribution in [0, 0.1) is 0 Å². The van der Waals surface area contributed by atoms with Crippen molar-refractivity contribution in [2.24, 2.45) is 5.73 Å². The smallest absolute Gasteiger partial charge is 0.412 e. The zero-order valence-electron chi connectivity index (χ0n) is 19.1. The van der Waals surface area contributed by atoms with Crippen LogP contribution in [0.3, 0.4) is 0 Å². The maximum absolute atomic E-state index is 13.6. The van der Waals surface area contributed by atoms with Crippen LogP contribution in [-0.2, 0) is 4.79 Å². The average molecular weight is 559 g/mol. The van der Waals surface area contributed by atoms with Gasteiger partial charge in [-0.25, -0.2) is 4.98 Å². The van der Waals surface area contributed by atoms with Crippen LogP contribution in [-0.4, -0.2) is 28.7 Å². The lowest BCUT2D eigenvalue weighted by molar-refractivity contribution is -0.169.